The fraction of sp³-hybridized carbons (Fsp3) is 0.379. The summed E-state index contributed by atoms with van der Waals surface area (Å²) in [6, 6.07) is 0. The Labute approximate surface area is 354 Å². The van der Waals surface area contributed by atoms with Crippen LogP contribution in [0.2, 0.25) is 0 Å². The number of aryl methyl sites for hydroxylation is 11. The quantitative estimate of drug-likeness (QED) is 0.159. The lowest BCUT2D eigenvalue weighted by Crippen LogP contribution is -2.07. The van der Waals surface area contributed by atoms with Gasteiger partial charge in [0.05, 0.1) is 0 Å². The monoisotopic (exact) mass is 779 g/mol. The van der Waals surface area contributed by atoms with Crippen molar-refractivity contribution in [3.05, 3.63) is 122 Å². The van der Waals surface area contributed by atoms with E-state index in [1.54, 1.807) is 0 Å². The minimum absolute atomic E-state index is 1.03. The third-order valence-electron chi connectivity index (χ3n) is 17.0. The minimum atomic E-state index is 1.03. The Morgan fingerprint density at radius 2 is 0.390 bits per heavy atom. The molecule has 8 aromatic rings. The van der Waals surface area contributed by atoms with Crippen LogP contribution in [-0.4, -0.2) is 0 Å². The Balaban J connectivity index is 1.81. The largest absolute Gasteiger partial charge is 0.455 e. The van der Waals surface area contributed by atoms with Crippen LogP contribution in [0.25, 0.3) is 76.5 Å². The molecule has 0 saturated heterocycles. The lowest BCUT2D eigenvalue weighted by Gasteiger charge is -2.30. The maximum atomic E-state index is 7.16. The predicted molar refractivity (Wildman–Crippen MR) is 261 cm³/mol. The van der Waals surface area contributed by atoms with Gasteiger partial charge in [-0.2, -0.15) is 0 Å². The van der Waals surface area contributed by atoms with Crippen molar-refractivity contribution in [2.24, 2.45) is 0 Å². The molecular formula is C58H66O. The van der Waals surface area contributed by atoms with Gasteiger partial charge >= 0.3 is 0 Å². The van der Waals surface area contributed by atoms with E-state index >= 15 is 0 Å². The molecule has 1 aromatic heterocycles. The van der Waals surface area contributed by atoms with Crippen LogP contribution in [0.1, 0.15) is 122 Å². The molecular weight excluding hydrogens is 713 g/mol. The predicted octanol–water partition coefficient (Wildman–Crippen LogP) is 17.2. The lowest BCUT2D eigenvalue weighted by atomic mass is 9.73. The van der Waals surface area contributed by atoms with E-state index in [-0.39, 0.29) is 0 Å². The van der Waals surface area contributed by atoms with E-state index in [0.29, 0.717) is 0 Å². The first-order chi connectivity index (χ1) is 27.5. The summed E-state index contributed by atoms with van der Waals surface area (Å²) in [5.41, 5.74) is 37.7. The second-order valence-corrected chi connectivity index (χ2v) is 19.0. The van der Waals surface area contributed by atoms with E-state index in [1.807, 2.05) is 0 Å². The van der Waals surface area contributed by atoms with Crippen LogP contribution in [0.5, 0.6) is 0 Å². The van der Waals surface area contributed by atoms with Crippen LogP contribution in [0.15, 0.2) is 4.42 Å². The molecule has 1 heteroatoms. The average molecular weight is 779 g/mol. The summed E-state index contributed by atoms with van der Waals surface area (Å²) < 4.78 is 7.16. The first-order valence-corrected chi connectivity index (χ1v) is 21.9. The molecule has 0 aliphatic heterocycles. The van der Waals surface area contributed by atoms with Gasteiger partial charge in [0.15, 0.2) is 0 Å². The third-order valence-corrected chi connectivity index (χ3v) is 17.0. The van der Waals surface area contributed by atoms with Gasteiger partial charge in [0.1, 0.15) is 11.2 Å². The van der Waals surface area contributed by atoms with Gasteiger partial charge in [-0.1, -0.05) is 0 Å². The molecule has 0 amide bonds. The highest BCUT2D eigenvalue weighted by Gasteiger charge is 2.32. The normalized spacial score (nSPS) is 12.2. The summed E-state index contributed by atoms with van der Waals surface area (Å²) in [5.74, 6) is 0. The van der Waals surface area contributed by atoms with Crippen molar-refractivity contribution in [3.8, 4) is 22.3 Å². The van der Waals surface area contributed by atoms with Gasteiger partial charge in [0, 0.05) is 10.8 Å². The van der Waals surface area contributed by atoms with E-state index in [0.717, 1.165) is 11.2 Å². The minimum Gasteiger partial charge on any atom is -0.455 e. The number of hydrogen-bond donors (Lipinski definition) is 0. The Morgan fingerprint density at radius 1 is 0.153 bits per heavy atom. The fourth-order valence-corrected chi connectivity index (χ4v) is 11.6. The standard InChI is InChI=1S/C58H66O/c1-23-24(2)33(11)46-44(22)47(41(19)40(18)45(46)32(23)10)54-48-34(12)25(3)27(5)36(14)50(48)55(51-37(15)28(6)26(4)35(13)49(51)54)52-38(16)31(9)43(21)58-56(52)53-39(17)29(7)30(8)42(20)57(53)59-58/h1-22H3. The summed E-state index contributed by atoms with van der Waals surface area (Å²) in [7, 11) is 0. The summed E-state index contributed by atoms with van der Waals surface area (Å²) in [6.45, 7) is 51.7. The zero-order valence-corrected chi connectivity index (χ0v) is 40.4. The SMILES string of the molecule is Cc1c(C)c(C)c2c(oc3c(C)c(C)c(C)c(-c4c5c(C)c(C)c(C)c(C)c5c(-c5c(C)c(C)c6c(C)c(C)c(C)c(C)c6c5C)c5c(C)c(C)c(C)c(C)c45)c32)c1C. The van der Waals surface area contributed by atoms with Crippen LogP contribution >= 0.6 is 0 Å². The molecule has 0 N–H and O–H groups in total. The summed E-state index contributed by atoms with van der Waals surface area (Å²) in [6.07, 6.45) is 0. The molecule has 0 fully saturated rings. The number of fused-ring (bicyclic) bond motifs is 6. The van der Waals surface area contributed by atoms with Crippen molar-refractivity contribution in [2.45, 2.75) is 152 Å². The highest BCUT2D eigenvalue weighted by atomic mass is 16.3. The number of benzene rings is 7. The number of rotatable bonds is 2. The molecule has 0 saturated carbocycles. The molecule has 0 unspecified atom stereocenters. The Kier molecular flexibility index (Phi) is 9.22. The molecule has 8 rings (SSSR count). The molecule has 0 spiro atoms. The summed E-state index contributed by atoms with van der Waals surface area (Å²) in [4.78, 5) is 0. The first kappa shape index (κ1) is 40.9. The highest BCUT2D eigenvalue weighted by molar-refractivity contribution is 6.30. The molecule has 0 aliphatic rings. The maximum Gasteiger partial charge on any atom is 0.139 e. The lowest BCUT2D eigenvalue weighted by molar-refractivity contribution is 0.661. The van der Waals surface area contributed by atoms with Crippen molar-refractivity contribution in [1.82, 2.24) is 0 Å². The molecule has 7 aromatic carbocycles. The Hall–Kier alpha value is -4.88. The highest BCUT2D eigenvalue weighted by Crippen LogP contribution is 2.56. The average Bonchev–Trinajstić information content (AvgIpc) is 3.61. The van der Waals surface area contributed by atoms with E-state index in [9.17, 15) is 0 Å². The molecule has 1 heterocycles. The van der Waals surface area contributed by atoms with Gasteiger partial charge in [-0.05, 0) is 329 Å². The molecule has 0 radical (unpaired) electrons. The van der Waals surface area contributed by atoms with Gasteiger partial charge < -0.3 is 4.42 Å². The zero-order chi connectivity index (χ0) is 43.5. The smallest absolute Gasteiger partial charge is 0.139 e. The fourth-order valence-electron chi connectivity index (χ4n) is 11.6. The summed E-state index contributed by atoms with van der Waals surface area (Å²) >= 11 is 0. The first-order valence-electron chi connectivity index (χ1n) is 21.9. The molecule has 0 bridgehead atoms. The maximum absolute atomic E-state index is 7.16. The van der Waals surface area contributed by atoms with E-state index in [2.05, 4.69) is 152 Å². The van der Waals surface area contributed by atoms with Crippen LogP contribution in [0, 0.1) is 152 Å². The van der Waals surface area contributed by atoms with Crippen LogP contribution in [-0.2, 0) is 0 Å². The van der Waals surface area contributed by atoms with E-state index < -0.39 is 0 Å². The molecule has 59 heavy (non-hydrogen) atoms. The third kappa shape index (κ3) is 4.97. The second kappa shape index (κ2) is 13.3. The molecule has 1 nitrogen and oxygen atoms in total. The van der Waals surface area contributed by atoms with Crippen LogP contribution in [0.4, 0.5) is 0 Å². The van der Waals surface area contributed by atoms with E-state index in [1.165, 1.54) is 188 Å². The Morgan fingerprint density at radius 3 is 0.780 bits per heavy atom. The molecule has 304 valence electrons. The van der Waals surface area contributed by atoms with Gasteiger partial charge in [-0.25, -0.2) is 0 Å². The van der Waals surface area contributed by atoms with Gasteiger partial charge in [-0.3, -0.25) is 0 Å². The van der Waals surface area contributed by atoms with Gasteiger partial charge in [-0.15, -0.1) is 0 Å². The van der Waals surface area contributed by atoms with Crippen molar-refractivity contribution < 1.29 is 4.42 Å². The van der Waals surface area contributed by atoms with Crippen molar-refractivity contribution in [3.63, 3.8) is 0 Å². The number of furan rings is 1. The van der Waals surface area contributed by atoms with Crippen molar-refractivity contribution in [2.75, 3.05) is 0 Å². The van der Waals surface area contributed by atoms with Crippen LogP contribution < -0.4 is 0 Å². The zero-order valence-electron chi connectivity index (χ0n) is 40.4. The van der Waals surface area contributed by atoms with Gasteiger partial charge in [0.2, 0.25) is 0 Å². The van der Waals surface area contributed by atoms with Crippen molar-refractivity contribution in [1.29, 1.82) is 0 Å². The van der Waals surface area contributed by atoms with Crippen LogP contribution in [0.3, 0.4) is 0 Å². The molecule has 0 atom stereocenters. The topological polar surface area (TPSA) is 13.1 Å². The number of hydrogen-bond acceptors (Lipinski definition) is 1. The Bertz CT molecular complexity index is 3210. The second-order valence-electron chi connectivity index (χ2n) is 19.0. The summed E-state index contributed by atoms with van der Waals surface area (Å²) in [5, 5.41) is 11.0. The van der Waals surface area contributed by atoms with E-state index in [4.69, 9.17) is 4.42 Å². The molecule has 0 aliphatic carbocycles. The van der Waals surface area contributed by atoms with Gasteiger partial charge in [0.25, 0.3) is 0 Å². The van der Waals surface area contributed by atoms with Crippen molar-refractivity contribution >= 4 is 54.3 Å².